The summed E-state index contributed by atoms with van der Waals surface area (Å²) in [6.07, 6.45) is 3.78. The standard InChI is InChI=1S/C17H16N4/c1-19-11-14-3-2-4-17-16(14)6-8-21(17)12-13-5-7-20-15(9-13)10-18/h2-9,19H,11-12H2,1H3. The normalized spacial score (nSPS) is 10.7. The van der Waals surface area contributed by atoms with Crippen molar-refractivity contribution in [2.45, 2.75) is 13.1 Å². The van der Waals surface area contributed by atoms with E-state index in [1.807, 2.05) is 19.2 Å². The molecule has 0 aliphatic carbocycles. The summed E-state index contributed by atoms with van der Waals surface area (Å²) in [6.45, 7) is 1.60. The molecule has 0 saturated carbocycles. The van der Waals surface area contributed by atoms with E-state index < -0.39 is 0 Å². The molecule has 3 rings (SSSR count). The van der Waals surface area contributed by atoms with E-state index in [0.29, 0.717) is 5.69 Å². The number of hydrogen-bond acceptors (Lipinski definition) is 3. The minimum Gasteiger partial charge on any atom is -0.343 e. The number of pyridine rings is 1. The van der Waals surface area contributed by atoms with Crippen LogP contribution >= 0.6 is 0 Å². The highest BCUT2D eigenvalue weighted by molar-refractivity contribution is 5.83. The number of hydrogen-bond donors (Lipinski definition) is 1. The van der Waals surface area contributed by atoms with Gasteiger partial charge in [-0.1, -0.05) is 12.1 Å². The summed E-state index contributed by atoms with van der Waals surface area (Å²) in [5.41, 5.74) is 4.04. The Morgan fingerprint density at radius 3 is 3.00 bits per heavy atom. The number of nitriles is 1. The van der Waals surface area contributed by atoms with Crippen molar-refractivity contribution in [3.63, 3.8) is 0 Å². The summed E-state index contributed by atoms with van der Waals surface area (Å²) in [6, 6.07) is 14.4. The first-order chi connectivity index (χ1) is 10.3. The van der Waals surface area contributed by atoms with Gasteiger partial charge in [0, 0.05) is 36.4 Å². The van der Waals surface area contributed by atoms with Crippen molar-refractivity contribution in [2.24, 2.45) is 0 Å². The van der Waals surface area contributed by atoms with Crippen LogP contribution in [0.5, 0.6) is 0 Å². The smallest absolute Gasteiger partial charge is 0.140 e. The Balaban J connectivity index is 1.98. The minimum absolute atomic E-state index is 0.458. The molecule has 0 atom stereocenters. The van der Waals surface area contributed by atoms with Crippen LogP contribution in [0, 0.1) is 11.3 Å². The maximum Gasteiger partial charge on any atom is 0.140 e. The molecule has 104 valence electrons. The van der Waals surface area contributed by atoms with Crippen molar-refractivity contribution in [1.29, 1.82) is 5.26 Å². The molecule has 0 bridgehead atoms. The molecular weight excluding hydrogens is 260 g/mol. The Morgan fingerprint density at radius 1 is 1.29 bits per heavy atom. The predicted octanol–water partition coefficient (Wildman–Crippen LogP) is 2.68. The third kappa shape index (κ3) is 2.64. The van der Waals surface area contributed by atoms with Crippen LogP contribution in [0.25, 0.3) is 10.9 Å². The molecule has 0 amide bonds. The molecule has 0 saturated heterocycles. The van der Waals surface area contributed by atoms with Gasteiger partial charge >= 0.3 is 0 Å². The van der Waals surface area contributed by atoms with Crippen LogP contribution in [0.4, 0.5) is 0 Å². The van der Waals surface area contributed by atoms with E-state index in [2.05, 4.69) is 51.4 Å². The largest absolute Gasteiger partial charge is 0.343 e. The minimum atomic E-state index is 0.458. The van der Waals surface area contributed by atoms with E-state index in [1.54, 1.807) is 6.20 Å². The molecule has 0 aliphatic rings. The SMILES string of the molecule is CNCc1cccc2c1ccn2Cc1ccnc(C#N)c1. The maximum absolute atomic E-state index is 8.93. The Hall–Kier alpha value is -2.64. The van der Waals surface area contributed by atoms with Gasteiger partial charge < -0.3 is 9.88 Å². The molecule has 4 heteroatoms. The van der Waals surface area contributed by atoms with Crippen LogP contribution in [-0.2, 0) is 13.1 Å². The number of rotatable bonds is 4. The van der Waals surface area contributed by atoms with Crippen LogP contribution in [0.3, 0.4) is 0 Å². The van der Waals surface area contributed by atoms with Crippen molar-refractivity contribution < 1.29 is 0 Å². The number of aromatic nitrogens is 2. The fraction of sp³-hybridized carbons (Fsp3) is 0.176. The molecule has 0 fully saturated rings. The summed E-state index contributed by atoms with van der Waals surface area (Å²) < 4.78 is 2.20. The lowest BCUT2D eigenvalue weighted by molar-refractivity contribution is 0.820. The molecule has 0 aliphatic heterocycles. The molecular formula is C17H16N4. The molecule has 21 heavy (non-hydrogen) atoms. The zero-order valence-corrected chi connectivity index (χ0v) is 11.9. The van der Waals surface area contributed by atoms with Crippen molar-refractivity contribution in [3.8, 4) is 6.07 Å². The van der Waals surface area contributed by atoms with Crippen LogP contribution in [0.2, 0.25) is 0 Å². The zero-order valence-electron chi connectivity index (χ0n) is 11.9. The predicted molar refractivity (Wildman–Crippen MR) is 82.8 cm³/mol. The van der Waals surface area contributed by atoms with Gasteiger partial charge in [0.25, 0.3) is 0 Å². The van der Waals surface area contributed by atoms with Gasteiger partial charge in [-0.3, -0.25) is 0 Å². The summed E-state index contributed by atoms with van der Waals surface area (Å²) in [5, 5.41) is 13.4. The monoisotopic (exact) mass is 276 g/mol. The average Bonchev–Trinajstić information content (AvgIpc) is 2.92. The Bertz CT molecular complexity index is 811. The zero-order chi connectivity index (χ0) is 14.7. The molecule has 1 aromatic carbocycles. The highest BCUT2D eigenvalue weighted by Crippen LogP contribution is 2.21. The van der Waals surface area contributed by atoms with E-state index in [1.165, 1.54) is 16.5 Å². The van der Waals surface area contributed by atoms with Gasteiger partial charge in [-0.2, -0.15) is 5.26 Å². The van der Waals surface area contributed by atoms with Gasteiger partial charge in [-0.05, 0) is 42.4 Å². The topological polar surface area (TPSA) is 53.6 Å². The molecule has 2 aromatic heterocycles. The number of fused-ring (bicyclic) bond motifs is 1. The summed E-state index contributed by atoms with van der Waals surface area (Å²) in [7, 11) is 1.95. The first-order valence-electron chi connectivity index (χ1n) is 6.88. The first-order valence-corrected chi connectivity index (χ1v) is 6.88. The Labute approximate surface area is 123 Å². The van der Waals surface area contributed by atoms with Gasteiger partial charge in [0.1, 0.15) is 11.8 Å². The second kappa shape index (κ2) is 5.78. The van der Waals surface area contributed by atoms with Gasteiger partial charge in [0.2, 0.25) is 0 Å². The summed E-state index contributed by atoms with van der Waals surface area (Å²) in [4.78, 5) is 4.01. The highest BCUT2D eigenvalue weighted by Gasteiger charge is 2.06. The van der Waals surface area contributed by atoms with Gasteiger partial charge in [0.15, 0.2) is 0 Å². The van der Waals surface area contributed by atoms with E-state index in [-0.39, 0.29) is 0 Å². The molecule has 0 unspecified atom stereocenters. The fourth-order valence-corrected chi connectivity index (χ4v) is 2.60. The van der Waals surface area contributed by atoms with Gasteiger partial charge in [-0.25, -0.2) is 4.98 Å². The molecule has 4 nitrogen and oxygen atoms in total. The lowest BCUT2D eigenvalue weighted by Gasteiger charge is -2.07. The van der Waals surface area contributed by atoms with Crippen molar-refractivity contribution in [3.05, 3.63) is 65.6 Å². The second-order valence-corrected chi connectivity index (χ2v) is 4.99. The van der Waals surface area contributed by atoms with Crippen molar-refractivity contribution >= 4 is 10.9 Å². The average molecular weight is 276 g/mol. The summed E-state index contributed by atoms with van der Waals surface area (Å²) >= 11 is 0. The lowest BCUT2D eigenvalue weighted by atomic mass is 10.1. The van der Waals surface area contributed by atoms with Crippen molar-refractivity contribution in [1.82, 2.24) is 14.9 Å². The number of benzene rings is 1. The van der Waals surface area contributed by atoms with E-state index in [9.17, 15) is 0 Å². The van der Waals surface area contributed by atoms with E-state index >= 15 is 0 Å². The Kier molecular flexibility index (Phi) is 3.67. The van der Waals surface area contributed by atoms with Gasteiger partial charge in [0.05, 0.1) is 0 Å². The maximum atomic E-state index is 8.93. The third-order valence-electron chi connectivity index (χ3n) is 3.56. The molecule has 3 aromatic rings. The Morgan fingerprint density at radius 2 is 2.19 bits per heavy atom. The number of nitrogens with zero attached hydrogens (tertiary/aromatic N) is 3. The van der Waals surface area contributed by atoms with Crippen molar-refractivity contribution in [2.75, 3.05) is 7.05 Å². The lowest BCUT2D eigenvalue weighted by Crippen LogP contribution is -2.05. The second-order valence-electron chi connectivity index (χ2n) is 4.99. The van der Waals surface area contributed by atoms with Crippen LogP contribution in [-0.4, -0.2) is 16.6 Å². The van der Waals surface area contributed by atoms with Crippen LogP contribution < -0.4 is 5.32 Å². The molecule has 0 radical (unpaired) electrons. The first kappa shape index (κ1) is 13.3. The molecule has 0 spiro atoms. The van der Waals surface area contributed by atoms with E-state index in [4.69, 9.17) is 5.26 Å². The molecule has 2 heterocycles. The van der Waals surface area contributed by atoms with Crippen LogP contribution in [0.15, 0.2) is 48.8 Å². The highest BCUT2D eigenvalue weighted by atomic mass is 15.0. The van der Waals surface area contributed by atoms with Gasteiger partial charge in [-0.15, -0.1) is 0 Å². The quantitative estimate of drug-likeness (QED) is 0.797. The summed E-state index contributed by atoms with van der Waals surface area (Å²) in [5.74, 6) is 0. The third-order valence-corrected chi connectivity index (χ3v) is 3.56. The van der Waals surface area contributed by atoms with Crippen LogP contribution in [0.1, 0.15) is 16.8 Å². The molecule has 1 N–H and O–H groups in total. The van der Waals surface area contributed by atoms with E-state index in [0.717, 1.165) is 18.7 Å². The fourth-order valence-electron chi connectivity index (χ4n) is 2.60. The number of nitrogens with one attached hydrogen (secondary N) is 1.